The molecule has 102 valence electrons. The van der Waals surface area contributed by atoms with Gasteiger partial charge in [-0.2, -0.15) is 0 Å². The molecule has 1 aliphatic carbocycles. The topological polar surface area (TPSA) is 64.6 Å². The average Bonchev–Trinajstić information content (AvgIpc) is 2.82. The summed E-state index contributed by atoms with van der Waals surface area (Å²) < 4.78 is 10.8. The van der Waals surface area contributed by atoms with Crippen LogP contribution in [-0.2, 0) is 14.1 Å². The third kappa shape index (κ3) is 2.09. The van der Waals surface area contributed by atoms with Crippen LogP contribution in [0.25, 0.3) is 0 Å². The Hall–Kier alpha value is -1.59. The predicted octanol–water partition coefficient (Wildman–Crippen LogP) is 2.05. The number of rotatable bonds is 2. The summed E-state index contributed by atoms with van der Waals surface area (Å²) in [5.41, 5.74) is 0. The molecule has 1 amide bonds. The van der Waals surface area contributed by atoms with Crippen LogP contribution in [0.3, 0.4) is 0 Å². The van der Waals surface area contributed by atoms with Crippen molar-refractivity contribution >= 4 is 18.3 Å². The fourth-order valence-corrected chi connectivity index (χ4v) is 3.31. The standard InChI is InChI=1S/C13H18BNO4/c1-9-7-10-8-12(16)19-14(10,18-9)13(17)15-11-5-3-2-4-6-11/h11H,1-8H2,(H,15,17). The van der Waals surface area contributed by atoms with Crippen LogP contribution in [-0.4, -0.2) is 24.4 Å². The molecule has 2 heterocycles. The first kappa shape index (κ1) is 12.4. The zero-order valence-electron chi connectivity index (χ0n) is 10.9. The maximum Gasteiger partial charge on any atom is 0.640 e. The Labute approximate surface area is 112 Å². The van der Waals surface area contributed by atoms with E-state index in [0.717, 1.165) is 31.5 Å². The highest BCUT2D eigenvalue weighted by molar-refractivity contribution is 7.03. The molecule has 1 atom stereocenters. The second-order valence-electron chi connectivity index (χ2n) is 5.71. The van der Waals surface area contributed by atoms with Crippen LogP contribution in [0.4, 0.5) is 4.79 Å². The number of allylic oxidation sites excluding steroid dienone is 1. The SMILES string of the molecule is C=C1C[C+]2CC(=O)O[B-]2(C(=O)NC2CCCCC2)O1. The summed E-state index contributed by atoms with van der Waals surface area (Å²) in [4.78, 5) is 23.9. The molecule has 1 N–H and O–H groups in total. The van der Waals surface area contributed by atoms with E-state index in [1.807, 2.05) is 0 Å². The molecule has 0 aromatic rings. The van der Waals surface area contributed by atoms with Gasteiger partial charge in [-0.15, -0.1) is 0 Å². The largest absolute Gasteiger partial charge is 0.640 e. The number of nitrogens with one attached hydrogen (secondary N) is 1. The Kier molecular flexibility index (Phi) is 2.95. The second-order valence-corrected chi connectivity index (χ2v) is 5.71. The highest BCUT2D eigenvalue weighted by Crippen LogP contribution is 2.44. The van der Waals surface area contributed by atoms with E-state index < -0.39 is 6.55 Å². The summed E-state index contributed by atoms with van der Waals surface area (Å²) in [6, 6.07) is 0.176. The van der Waals surface area contributed by atoms with Gasteiger partial charge in [0.1, 0.15) is 12.8 Å². The molecule has 3 fully saturated rings. The zero-order chi connectivity index (χ0) is 13.5. The van der Waals surface area contributed by atoms with Crippen LogP contribution in [0, 0.1) is 5.82 Å². The third-order valence-electron chi connectivity index (χ3n) is 4.26. The number of carbonyl (C=O) groups excluding carboxylic acids is 2. The molecule has 0 radical (unpaired) electrons. The second kappa shape index (κ2) is 4.51. The van der Waals surface area contributed by atoms with Gasteiger partial charge in [-0.25, -0.2) is 0 Å². The molecular weight excluding hydrogens is 245 g/mol. The first-order valence-electron chi connectivity index (χ1n) is 6.99. The Morgan fingerprint density at radius 1 is 1.26 bits per heavy atom. The van der Waals surface area contributed by atoms with Crippen molar-refractivity contribution < 1.29 is 18.9 Å². The fraction of sp³-hybridized carbons (Fsp3) is 0.615. The minimum Gasteiger partial charge on any atom is -0.637 e. The van der Waals surface area contributed by atoms with E-state index in [1.54, 1.807) is 0 Å². The van der Waals surface area contributed by atoms with Gasteiger partial charge in [0.25, 0.3) is 0 Å². The lowest BCUT2D eigenvalue weighted by atomic mass is 9.47. The van der Waals surface area contributed by atoms with Crippen LogP contribution in [0.15, 0.2) is 12.3 Å². The molecule has 19 heavy (non-hydrogen) atoms. The lowest BCUT2D eigenvalue weighted by Crippen LogP contribution is -2.56. The molecule has 5 nitrogen and oxygen atoms in total. The van der Waals surface area contributed by atoms with Gasteiger partial charge in [0, 0.05) is 11.9 Å². The Balaban J connectivity index is 1.73. The van der Waals surface area contributed by atoms with E-state index >= 15 is 0 Å². The molecule has 6 heteroatoms. The maximum absolute atomic E-state index is 12.5. The van der Waals surface area contributed by atoms with Crippen molar-refractivity contribution in [3.8, 4) is 0 Å². The summed E-state index contributed by atoms with van der Waals surface area (Å²) in [7, 11) is 0. The van der Waals surface area contributed by atoms with Gasteiger partial charge in [0.05, 0.1) is 5.76 Å². The molecule has 3 rings (SSSR count). The van der Waals surface area contributed by atoms with Gasteiger partial charge >= 0.3 is 12.5 Å². The van der Waals surface area contributed by atoms with Crippen LogP contribution in [0.1, 0.15) is 44.9 Å². The van der Waals surface area contributed by atoms with Crippen molar-refractivity contribution in [3.63, 3.8) is 0 Å². The van der Waals surface area contributed by atoms with Gasteiger partial charge in [0.2, 0.25) is 5.81 Å². The number of carbonyl (C=O) groups is 2. The summed E-state index contributed by atoms with van der Waals surface area (Å²) in [6.07, 6.45) is 6.11. The van der Waals surface area contributed by atoms with Crippen LogP contribution >= 0.6 is 0 Å². The molecule has 0 bridgehead atoms. The number of fused-ring (bicyclic) bond motifs is 1. The van der Waals surface area contributed by atoms with Crippen LogP contribution < -0.4 is 5.32 Å². The minimum absolute atomic E-state index is 0.176. The molecule has 2 aliphatic heterocycles. The summed E-state index contributed by atoms with van der Waals surface area (Å²) >= 11 is 0. The van der Waals surface area contributed by atoms with E-state index in [2.05, 4.69) is 11.9 Å². The highest BCUT2D eigenvalue weighted by Gasteiger charge is 2.68. The zero-order valence-corrected chi connectivity index (χ0v) is 10.9. The van der Waals surface area contributed by atoms with Gasteiger partial charge in [-0.1, -0.05) is 25.8 Å². The monoisotopic (exact) mass is 263 g/mol. The maximum atomic E-state index is 12.5. The van der Waals surface area contributed by atoms with Crippen LogP contribution in [0.5, 0.6) is 0 Å². The van der Waals surface area contributed by atoms with Crippen molar-refractivity contribution in [1.29, 1.82) is 0 Å². The quantitative estimate of drug-likeness (QED) is 0.611. The Morgan fingerprint density at radius 3 is 2.74 bits per heavy atom. The molecule has 1 saturated carbocycles. The first-order chi connectivity index (χ1) is 9.10. The van der Waals surface area contributed by atoms with Gasteiger partial charge in [0.15, 0.2) is 0 Å². The lowest BCUT2D eigenvalue weighted by Gasteiger charge is -2.29. The molecule has 0 aromatic heterocycles. The van der Waals surface area contributed by atoms with Gasteiger partial charge in [-0.3, -0.25) is 4.79 Å². The van der Waals surface area contributed by atoms with Crippen molar-refractivity contribution in [1.82, 2.24) is 5.32 Å². The van der Waals surface area contributed by atoms with Crippen molar-refractivity contribution in [3.05, 3.63) is 18.2 Å². The fourth-order valence-electron chi connectivity index (χ4n) is 3.31. The number of amides is 1. The smallest absolute Gasteiger partial charge is 0.637 e. The normalized spacial score (nSPS) is 30.8. The Morgan fingerprint density at radius 2 is 2.00 bits per heavy atom. The highest BCUT2D eigenvalue weighted by atomic mass is 16.6. The molecule has 2 saturated heterocycles. The van der Waals surface area contributed by atoms with Crippen molar-refractivity contribution in [2.45, 2.75) is 51.0 Å². The van der Waals surface area contributed by atoms with Crippen LogP contribution in [0.2, 0.25) is 0 Å². The molecular formula is C13H18BNO4. The first-order valence-corrected chi connectivity index (χ1v) is 6.99. The van der Waals surface area contributed by atoms with Crippen molar-refractivity contribution in [2.24, 2.45) is 0 Å². The molecule has 3 aliphatic rings. The van der Waals surface area contributed by atoms with E-state index in [4.69, 9.17) is 9.31 Å². The number of hydrogen-bond acceptors (Lipinski definition) is 4. The summed E-state index contributed by atoms with van der Waals surface area (Å²) in [5, 5.41) is 2.99. The van der Waals surface area contributed by atoms with Crippen molar-refractivity contribution in [2.75, 3.05) is 0 Å². The van der Waals surface area contributed by atoms with Gasteiger partial charge in [-0.05, 0) is 12.8 Å². The molecule has 0 aromatic carbocycles. The van der Waals surface area contributed by atoms with E-state index in [1.165, 1.54) is 6.42 Å². The summed E-state index contributed by atoms with van der Waals surface area (Å²) in [5.74, 6) is 0.595. The molecule has 0 spiro atoms. The van der Waals surface area contributed by atoms with E-state index in [0.29, 0.717) is 12.2 Å². The number of hydrogen-bond donors (Lipinski definition) is 1. The summed E-state index contributed by atoms with van der Waals surface area (Å²) in [6.45, 7) is 1.46. The van der Waals surface area contributed by atoms with E-state index in [-0.39, 0.29) is 24.2 Å². The van der Waals surface area contributed by atoms with Gasteiger partial charge < -0.3 is 19.4 Å². The lowest BCUT2D eigenvalue weighted by molar-refractivity contribution is -0.133. The predicted molar refractivity (Wildman–Crippen MR) is 70.0 cm³/mol. The average molecular weight is 263 g/mol. The van der Waals surface area contributed by atoms with E-state index in [9.17, 15) is 9.59 Å². The third-order valence-corrected chi connectivity index (χ3v) is 4.26. The Bertz CT molecular complexity index is 410. The minimum atomic E-state index is -2.27. The molecule has 1 unspecified atom stereocenters.